The molecular formula is C29H29F2N5O3. The van der Waals surface area contributed by atoms with E-state index in [-0.39, 0.29) is 42.2 Å². The lowest BCUT2D eigenvalue weighted by Crippen LogP contribution is -2.49. The monoisotopic (exact) mass is 533 g/mol. The number of hydrogen-bond acceptors (Lipinski definition) is 5. The average molecular weight is 534 g/mol. The maximum atomic E-state index is 14.2. The molecule has 39 heavy (non-hydrogen) atoms. The number of carbonyl (C=O) groups excluding carboxylic acids is 2. The van der Waals surface area contributed by atoms with Gasteiger partial charge in [-0.2, -0.15) is 0 Å². The van der Waals surface area contributed by atoms with E-state index in [0.29, 0.717) is 12.2 Å². The highest BCUT2D eigenvalue weighted by atomic mass is 19.2. The fourth-order valence-corrected chi connectivity index (χ4v) is 5.84. The number of amides is 3. The quantitative estimate of drug-likeness (QED) is 0.529. The van der Waals surface area contributed by atoms with Gasteiger partial charge in [-0.25, -0.2) is 13.6 Å². The lowest BCUT2D eigenvalue weighted by molar-refractivity contribution is 0.0984. The van der Waals surface area contributed by atoms with Crippen LogP contribution in [-0.2, 0) is 12.8 Å². The van der Waals surface area contributed by atoms with E-state index in [2.05, 4.69) is 15.2 Å². The van der Waals surface area contributed by atoms with Crippen LogP contribution in [0.2, 0.25) is 0 Å². The number of halogens is 2. The molecule has 3 aliphatic heterocycles. The Morgan fingerprint density at radius 1 is 1.03 bits per heavy atom. The molecule has 10 heteroatoms. The van der Waals surface area contributed by atoms with Crippen molar-refractivity contribution in [1.29, 1.82) is 0 Å². The topological polar surface area (TPSA) is 78.0 Å². The van der Waals surface area contributed by atoms with Gasteiger partial charge in [-0.15, -0.1) is 0 Å². The summed E-state index contributed by atoms with van der Waals surface area (Å²) in [6.07, 6.45) is 4.20. The molecule has 0 spiro atoms. The molecule has 0 saturated carbocycles. The first-order valence-corrected chi connectivity index (χ1v) is 13.2. The molecule has 3 aliphatic rings. The second kappa shape index (κ2) is 10.2. The van der Waals surface area contributed by atoms with Crippen molar-refractivity contribution in [1.82, 2.24) is 9.88 Å². The lowest BCUT2D eigenvalue weighted by Gasteiger charge is -2.39. The number of ether oxygens (including phenoxy) is 1. The molecule has 1 aromatic heterocycles. The second-order valence-corrected chi connectivity index (χ2v) is 10.1. The molecule has 0 unspecified atom stereocenters. The van der Waals surface area contributed by atoms with E-state index in [4.69, 9.17) is 4.74 Å². The van der Waals surface area contributed by atoms with Crippen LogP contribution in [0.1, 0.15) is 34.5 Å². The summed E-state index contributed by atoms with van der Waals surface area (Å²) in [5, 5.41) is 3.05. The zero-order valence-electron chi connectivity index (χ0n) is 21.6. The summed E-state index contributed by atoms with van der Waals surface area (Å²) in [5.74, 6) is -1.37. The molecule has 6 rings (SSSR count). The Bertz CT molecular complexity index is 1440. The normalized spacial score (nSPS) is 17.4. The summed E-state index contributed by atoms with van der Waals surface area (Å²) in [4.78, 5) is 36.2. The minimum Gasteiger partial charge on any atom is -0.497 e. The van der Waals surface area contributed by atoms with Gasteiger partial charge in [-0.3, -0.25) is 9.78 Å². The summed E-state index contributed by atoms with van der Waals surface area (Å²) in [5.41, 5.74) is 3.63. The van der Waals surface area contributed by atoms with Gasteiger partial charge in [0.25, 0.3) is 5.91 Å². The van der Waals surface area contributed by atoms with Crippen molar-refractivity contribution in [2.45, 2.75) is 31.7 Å². The summed E-state index contributed by atoms with van der Waals surface area (Å²) in [7, 11) is 1.63. The van der Waals surface area contributed by atoms with Gasteiger partial charge in [-0.05, 0) is 73.7 Å². The van der Waals surface area contributed by atoms with Crippen molar-refractivity contribution in [2.75, 3.05) is 48.4 Å². The van der Waals surface area contributed by atoms with Crippen LogP contribution in [0.25, 0.3) is 0 Å². The van der Waals surface area contributed by atoms with E-state index in [9.17, 15) is 18.4 Å². The second-order valence-electron chi connectivity index (χ2n) is 10.1. The standard InChI is InChI=1S/C29H29F2N5O3/c1-39-21-2-4-24-18(16-21)7-14-35(29(38)33-24)19-8-12-34(13-9-19)20-6-11-32-25(17-20)28(37)36-15-10-22-26(36)5-3-23(30)27(22)31/h2-6,11,16-17,19H,7-10,12-15H2,1H3,(H,33,38). The molecule has 3 aromatic rings. The highest BCUT2D eigenvalue weighted by Gasteiger charge is 2.32. The average Bonchev–Trinajstić information content (AvgIpc) is 3.33. The van der Waals surface area contributed by atoms with Gasteiger partial charge in [0.05, 0.1) is 12.8 Å². The van der Waals surface area contributed by atoms with E-state index in [0.717, 1.165) is 61.1 Å². The maximum absolute atomic E-state index is 14.2. The Morgan fingerprint density at radius 2 is 1.85 bits per heavy atom. The van der Waals surface area contributed by atoms with Crippen LogP contribution in [0.5, 0.6) is 5.75 Å². The van der Waals surface area contributed by atoms with Crippen molar-refractivity contribution in [2.24, 2.45) is 0 Å². The summed E-state index contributed by atoms with van der Waals surface area (Å²) < 4.78 is 33.2. The number of carbonyl (C=O) groups is 2. The fourth-order valence-electron chi connectivity index (χ4n) is 5.84. The first-order chi connectivity index (χ1) is 18.9. The van der Waals surface area contributed by atoms with Gasteiger partial charge in [0.15, 0.2) is 11.6 Å². The lowest BCUT2D eigenvalue weighted by atomic mass is 10.0. The first-order valence-electron chi connectivity index (χ1n) is 13.2. The van der Waals surface area contributed by atoms with Gasteiger partial charge in [0.2, 0.25) is 0 Å². The van der Waals surface area contributed by atoms with E-state index in [1.807, 2.05) is 29.2 Å². The van der Waals surface area contributed by atoms with Gasteiger partial charge < -0.3 is 24.8 Å². The molecule has 3 amide bonds. The van der Waals surface area contributed by atoms with E-state index < -0.39 is 11.6 Å². The molecule has 0 radical (unpaired) electrons. The SMILES string of the molecule is COc1ccc2c(c1)CCN(C1CCN(c3ccnc(C(=O)N4CCc5c4ccc(F)c5F)c3)CC1)C(=O)N2. The van der Waals surface area contributed by atoms with Crippen molar-refractivity contribution >= 4 is 29.0 Å². The summed E-state index contributed by atoms with van der Waals surface area (Å²) in [6, 6.07) is 11.8. The van der Waals surface area contributed by atoms with Crippen LogP contribution in [-0.4, -0.2) is 61.2 Å². The van der Waals surface area contributed by atoms with Crippen LogP contribution < -0.4 is 19.9 Å². The minimum atomic E-state index is -0.908. The Balaban J connectivity index is 1.11. The third kappa shape index (κ3) is 4.64. The zero-order chi connectivity index (χ0) is 27.1. The van der Waals surface area contributed by atoms with Crippen molar-refractivity contribution in [3.05, 3.63) is 77.1 Å². The zero-order valence-corrected chi connectivity index (χ0v) is 21.6. The number of benzene rings is 2. The molecule has 4 heterocycles. The molecular weight excluding hydrogens is 504 g/mol. The fraction of sp³-hybridized carbons (Fsp3) is 0.345. The Kier molecular flexibility index (Phi) is 6.54. The number of pyridine rings is 1. The van der Waals surface area contributed by atoms with Gasteiger partial charge >= 0.3 is 6.03 Å². The third-order valence-electron chi connectivity index (χ3n) is 7.96. The molecule has 8 nitrogen and oxygen atoms in total. The summed E-state index contributed by atoms with van der Waals surface area (Å²) in [6.45, 7) is 2.36. The molecule has 0 atom stereocenters. The van der Waals surface area contributed by atoms with Crippen molar-refractivity contribution in [3.63, 3.8) is 0 Å². The van der Waals surface area contributed by atoms with Crippen LogP contribution >= 0.6 is 0 Å². The predicted molar refractivity (Wildman–Crippen MR) is 144 cm³/mol. The van der Waals surface area contributed by atoms with Gasteiger partial charge in [-0.1, -0.05) is 0 Å². The number of fused-ring (bicyclic) bond motifs is 2. The number of methoxy groups -OCH3 is 1. The number of nitrogens with zero attached hydrogens (tertiary/aromatic N) is 4. The Hall–Kier alpha value is -4.21. The molecule has 1 N–H and O–H groups in total. The van der Waals surface area contributed by atoms with E-state index >= 15 is 0 Å². The molecule has 1 fully saturated rings. The minimum absolute atomic E-state index is 0.0867. The van der Waals surface area contributed by atoms with E-state index in [1.165, 1.54) is 11.0 Å². The number of anilines is 3. The number of nitrogens with one attached hydrogen (secondary N) is 1. The number of hydrogen-bond donors (Lipinski definition) is 1. The van der Waals surface area contributed by atoms with Crippen LogP contribution in [0.15, 0.2) is 48.7 Å². The summed E-state index contributed by atoms with van der Waals surface area (Å²) >= 11 is 0. The highest BCUT2D eigenvalue weighted by Crippen LogP contribution is 2.33. The number of aromatic nitrogens is 1. The van der Waals surface area contributed by atoms with Crippen molar-refractivity contribution in [3.8, 4) is 5.75 Å². The number of urea groups is 1. The largest absolute Gasteiger partial charge is 0.497 e. The smallest absolute Gasteiger partial charge is 0.322 e. The first kappa shape index (κ1) is 25.1. The highest BCUT2D eigenvalue weighted by molar-refractivity contribution is 6.06. The number of rotatable bonds is 4. The maximum Gasteiger partial charge on any atom is 0.322 e. The Morgan fingerprint density at radius 3 is 2.64 bits per heavy atom. The Labute approximate surface area is 225 Å². The molecule has 202 valence electrons. The molecule has 1 saturated heterocycles. The van der Waals surface area contributed by atoms with Crippen LogP contribution in [0.3, 0.4) is 0 Å². The molecule has 0 bridgehead atoms. The third-order valence-corrected chi connectivity index (χ3v) is 7.96. The molecule has 0 aliphatic carbocycles. The number of piperidine rings is 1. The van der Waals surface area contributed by atoms with Crippen molar-refractivity contribution < 1.29 is 23.1 Å². The van der Waals surface area contributed by atoms with Gasteiger partial charge in [0, 0.05) is 55.4 Å². The van der Waals surface area contributed by atoms with Gasteiger partial charge in [0.1, 0.15) is 11.4 Å². The predicted octanol–water partition coefficient (Wildman–Crippen LogP) is 4.63. The van der Waals surface area contributed by atoms with Crippen LogP contribution in [0.4, 0.5) is 30.6 Å². The molecule has 2 aromatic carbocycles. The van der Waals surface area contributed by atoms with E-state index in [1.54, 1.807) is 19.4 Å². The van der Waals surface area contributed by atoms with Crippen LogP contribution in [0, 0.1) is 11.6 Å².